The zero-order chi connectivity index (χ0) is 9.42. The number of rotatable bonds is 1. The first-order chi connectivity index (χ1) is 6.24. The van der Waals surface area contributed by atoms with Gasteiger partial charge in [-0.25, -0.2) is 5.84 Å². The molecule has 0 fully saturated rings. The number of phenols is 1. The maximum Gasteiger partial charge on any atom is 0.355 e. The van der Waals surface area contributed by atoms with E-state index >= 15 is 0 Å². The van der Waals surface area contributed by atoms with Crippen LogP contribution in [0.4, 0.5) is 5.13 Å². The van der Waals surface area contributed by atoms with E-state index in [2.05, 4.69) is 10.4 Å². The van der Waals surface area contributed by atoms with Gasteiger partial charge in [-0.3, -0.25) is 5.43 Å². The van der Waals surface area contributed by atoms with Gasteiger partial charge in [0.25, 0.3) is 0 Å². The average molecular weight is 196 g/mol. The van der Waals surface area contributed by atoms with Gasteiger partial charge in [0.2, 0.25) is 4.70 Å². The molecule has 0 bridgehead atoms. The number of thiazole rings is 1. The molecule has 0 aliphatic rings. The lowest BCUT2D eigenvalue weighted by Crippen LogP contribution is -2.06. The van der Waals surface area contributed by atoms with Crippen molar-refractivity contribution in [1.82, 2.24) is 4.98 Å². The van der Waals surface area contributed by atoms with Crippen molar-refractivity contribution in [3.63, 3.8) is 0 Å². The molecule has 2 aromatic rings. The first kappa shape index (κ1) is 8.28. The number of anilines is 1. The predicted molar refractivity (Wildman–Crippen MR) is 54.7 cm³/mol. The highest BCUT2D eigenvalue weighted by atomic mass is 32.2. The number of nitrogen functional groups attached to an aromatic ring is 1. The zero-order valence-electron chi connectivity index (χ0n) is 7.11. The molecule has 0 spiro atoms. The Morgan fingerprint density at radius 2 is 2.31 bits per heavy atom. The Labute approximate surface area is 78.0 Å². The lowest BCUT2D eigenvalue weighted by atomic mass is 10.3. The zero-order valence-corrected chi connectivity index (χ0v) is 7.93. The Balaban J connectivity index is 2.83. The minimum absolute atomic E-state index is 0.142. The average Bonchev–Trinajstić information content (AvgIpc) is 2.45. The Morgan fingerprint density at radius 3 is 2.92 bits per heavy atom. The fourth-order valence-corrected chi connectivity index (χ4v) is 2.60. The molecule has 68 valence electrons. The van der Waals surface area contributed by atoms with Crippen molar-refractivity contribution in [2.75, 3.05) is 5.43 Å². The van der Waals surface area contributed by atoms with E-state index in [0.717, 1.165) is 9.83 Å². The second kappa shape index (κ2) is 2.86. The highest BCUT2D eigenvalue weighted by Crippen LogP contribution is 2.38. The Morgan fingerprint density at radius 1 is 1.54 bits per heavy atom. The highest BCUT2D eigenvalue weighted by Gasteiger charge is 2.19. The summed E-state index contributed by atoms with van der Waals surface area (Å²) in [6, 6.07) is 5.39. The number of hydrazine groups is 1. The Kier molecular flexibility index (Phi) is 1.82. The summed E-state index contributed by atoms with van der Waals surface area (Å²) in [6.07, 6.45) is 2.02. The van der Waals surface area contributed by atoms with Gasteiger partial charge in [0.05, 0.1) is 0 Å². The molecule has 0 amide bonds. The maximum absolute atomic E-state index is 9.49. The van der Waals surface area contributed by atoms with E-state index in [9.17, 15) is 5.11 Å². The lowest BCUT2D eigenvalue weighted by Gasteiger charge is -1.86. The predicted octanol–water partition coefficient (Wildman–Crippen LogP) is 1.51. The third-order valence-electron chi connectivity index (χ3n) is 1.93. The van der Waals surface area contributed by atoms with Crippen LogP contribution < -0.4 is 11.3 Å². The second-order valence-electron chi connectivity index (χ2n) is 2.70. The molecular formula is C8H10N3OS+. The van der Waals surface area contributed by atoms with Crippen molar-refractivity contribution in [2.24, 2.45) is 12.1 Å². The fourth-order valence-electron chi connectivity index (χ4n) is 1.27. The molecule has 4 nitrogen and oxygen atoms in total. The summed E-state index contributed by atoms with van der Waals surface area (Å²) in [5, 5.41) is 10.2. The molecule has 4 N–H and O–H groups in total. The summed E-state index contributed by atoms with van der Waals surface area (Å²) in [5.41, 5.74) is 3.18. The largest absolute Gasteiger partial charge is 0.505 e. The summed E-state index contributed by atoms with van der Waals surface area (Å²) in [5.74, 6) is 5.51. The van der Waals surface area contributed by atoms with E-state index in [1.807, 2.05) is 18.4 Å². The van der Waals surface area contributed by atoms with Crippen LogP contribution in [0.3, 0.4) is 0 Å². The number of fused-ring (bicyclic) bond motifs is 1. The van der Waals surface area contributed by atoms with Gasteiger partial charge >= 0.3 is 5.13 Å². The van der Waals surface area contributed by atoms with Crippen LogP contribution in [-0.2, 0) is 6.26 Å². The van der Waals surface area contributed by atoms with Crippen LogP contribution in [0.25, 0.3) is 10.2 Å². The molecule has 0 aliphatic heterocycles. The number of aryl methyl sites for hydroxylation is 1. The van der Waals surface area contributed by atoms with E-state index in [4.69, 9.17) is 5.84 Å². The smallest absolute Gasteiger partial charge is 0.355 e. The number of hydrogen-bond donors (Lipinski definition) is 3. The minimum atomic E-state index is -0.142. The molecule has 13 heavy (non-hydrogen) atoms. The molecule has 1 atom stereocenters. The summed E-state index contributed by atoms with van der Waals surface area (Å²) in [6.45, 7) is 0. The number of nitrogens with zero attached hydrogens (tertiary/aromatic N) is 1. The summed E-state index contributed by atoms with van der Waals surface area (Å²) in [7, 11) is -0.142. The minimum Gasteiger partial charge on any atom is -0.505 e. The van der Waals surface area contributed by atoms with Crippen molar-refractivity contribution in [1.29, 1.82) is 0 Å². The topological polar surface area (TPSA) is 71.2 Å². The SMILES string of the molecule is C[s+]1c(NN)nc2c(O)cccc21. The number of nitrogens with one attached hydrogen (secondary N) is 1. The number of benzene rings is 1. The van der Waals surface area contributed by atoms with Gasteiger partial charge < -0.3 is 5.11 Å². The standard InChI is InChI=1S/C8H9N3OS/c1-13-6-4-2-3-5(12)7(6)10-8(13)11-9/h2-4H,9H2,1H3,(H-,10,11,12)/p+1. The third kappa shape index (κ3) is 1.13. The first-order valence-corrected chi connectivity index (χ1v) is 5.40. The van der Waals surface area contributed by atoms with Crippen LogP contribution in [0.1, 0.15) is 0 Å². The molecule has 1 unspecified atom stereocenters. The van der Waals surface area contributed by atoms with Gasteiger partial charge in [-0.1, -0.05) is 6.07 Å². The Hall–Kier alpha value is -1.33. The molecule has 1 aromatic carbocycles. The lowest BCUT2D eigenvalue weighted by molar-refractivity contribution is 0.480. The van der Waals surface area contributed by atoms with E-state index < -0.39 is 0 Å². The Bertz CT molecular complexity index is 452. The first-order valence-electron chi connectivity index (χ1n) is 3.77. The van der Waals surface area contributed by atoms with Crippen molar-refractivity contribution in [3.8, 4) is 5.75 Å². The quantitative estimate of drug-likeness (QED) is 0.367. The molecule has 5 heteroatoms. The van der Waals surface area contributed by atoms with Crippen molar-refractivity contribution in [3.05, 3.63) is 18.2 Å². The summed E-state index contributed by atoms with van der Waals surface area (Å²) < 4.78 is 1.04. The molecule has 1 heterocycles. The third-order valence-corrected chi connectivity index (χ3v) is 3.71. The molecular weight excluding hydrogens is 186 g/mol. The molecule has 0 aliphatic carbocycles. The van der Waals surface area contributed by atoms with Crippen LogP contribution in [0, 0.1) is 0 Å². The van der Waals surface area contributed by atoms with Crippen LogP contribution in [0.15, 0.2) is 18.2 Å². The maximum atomic E-state index is 9.49. The number of nitrogens with two attached hydrogens (primary N) is 1. The normalized spacial score (nSPS) is 12.0. The number of hydrogen-bond acceptors (Lipinski definition) is 4. The van der Waals surface area contributed by atoms with Gasteiger partial charge in [-0.15, -0.1) is 0 Å². The number of aromatic hydroxyl groups is 1. The monoisotopic (exact) mass is 196 g/mol. The molecule has 1 aromatic heterocycles. The van der Waals surface area contributed by atoms with E-state index in [0.29, 0.717) is 5.52 Å². The fraction of sp³-hybridized carbons (Fsp3) is 0.125. The van der Waals surface area contributed by atoms with E-state index in [1.54, 1.807) is 6.07 Å². The molecule has 2 rings (SSSR count). The molecule has 0 radical (unpaired) electrons. The van der Waals surface area contributed by atoms with Crippen molar-refractivity contribution >= 4 is 25.8 Å². The van der Waals surface area contributed by atoms with Gasteiger partial charge in [0, 0.05) is 16.5 Å². The molecule has 0 saturated heterocycles. The second-order valence-corrected chi connectivity index (χ2v) is 4.54. The van der Waals surface area contributed by atoms with Gasteiger partial charge in [0.15, 0.2) is 5.52 Å². The van der Waals surface area contributed by atoms with Gasteiger partial charge in [-0.05, 0) is 6.07 Å². The summed E-state index contributed by atoms with van der Waals surface area (Å²) in [4.78, 5) is 4.19. The van der Waals surface area contributed by atoms with Crippen LogP contribution in [-0.4, -0.2) is 10.1 Å². The number of phenolic OH excluding ortho intramolecular Hbond substituents is 1. The summed E-state index contributed by atoms with van der Waals surface area (Å²) >= 11 is 0. The van der Waals surface area contributed by atoms with Crippen molar-refractivity contribution in [2.45, 2.75) is 0 Å². The number of aromatic nitrogens is 1. The van der Waals surface area contributed by atoms with Crippen LogP contribution in [0.2, 0.25) is 0 Å². The molecule has 0 saturated carbocycles. The van der Waals surface area contributed by atoms with Crippen LogP contribution >= 0.6 is 10.5 Å². The highest BCUT2D eigenvalue weighted by molar-refractivity contribution is 7.38. The van der Waals surface area contributed by atoms with Gasteiger partial charge in [0.1, 0.15) is 12.0 Å². The van der Waals surface area contributed by atoms with Crippen LogP contribution in [0.5, 0.6) is 5.75 Å². The van der Waals surface area contributed by atoms with Gasteiger partial charge in [-0.2, -0.15) is 4.98 Å². The van der Waals surface area contributed by atoms with E-state index in [-0.39, 0.29) is 16.2 Å². The number of para-hydroxylation sites is 1. The van der Waals surface area contributed by atoms with E-state index in [1.165, 1.54) is 0 Å². The van der Waals surface area contributed by atoms with Crippen molar-refractivity contribution < 1.29 is 5.11 Å².